The Morgan fingerprint density at radius 2 is 2.50 bits per heavy atom. The van der Waals surface area contributed by atoms with Gasteiger partial charge in [-0.1, -0.05) is 6.07 Å². The predicted molar refractivity (Wildman–Crippen MR) is 47.8 cm³/mol. The number of pyridine rings is 1. The minimum atomic E-state index is -0.0452. The summed E-state index contributed by atoms with van der Waals surface area (Å²) in [6, 6.07) is 5.61. The Kier molecular flexibility index (Phi) is 3.27. The van der Waals surface area contributed by atoms with Crippen molar-refractivity contribution in [1.29, 1.82) is 0 Å². The standard InChI is InChI=1S/C9H11N3/c1-2-5-9(12-10)8-6-3-4-7-11-8/h1,3-4,6-7,9,12H,5,10H2. The van der Waals surface area contributed by atoms with E-state index in [0.717, 1.165) is 5.69 Å². The number of nitrogens with zero attached hydrogens (tertiary/aromatic N) is 1. The molecule has 0 saturated carbocycles. The van der Waals surface area contributed by atoms with Gasteiger partial charge in [-0.2, -0.15) is 0 Å². The highest BCUT2D eigenvalue weighted by Gasteiger charge is 2.07. The van der Waals surface area contributed by atoms with Crippen molar-refractivity contribution in [2.75, 3.05) is 0 Å². The van der Waals surface area contributed by atoms with Crippen LogP contribution in [0.2, 0.25) is 0 Å². The molecule has 3 nitrogen and oxygen atoms in total. The summed E-state index contributed by atoms with van der Waals surface area (Å²) in [4.78, 5) is 4.13. The van der Waals surface area contributed by atoms with Gasteiger partial charge in [-0.05, 0) is 12.1 Å². The molecular weight excluding hydrogens is 150 g/mol. The minimum Gasteiger partial charge on any atom is -0.271 e. The van der Waals surface area contributed by atoms with E-state index in [9.17, 15) is 0 Å². The van der Waals surface area contributed by atoms with Crippen molar-refractivity contribution in [3.63, 3.8) is 0 Å². The Labute approximate surface area is 72.0 Å². The molecule has 1 atom stereocenters. The van der Waals surface area contributed by atoms with Crippen LogP contribution in [0.4, 0.5) is 0 Å². The van der Waals surface area contributed by atoms with Crippen LogP contribution < -0.4 is 11.3 Å². The number of hydrogen-bond acceptors (Lipinski definition) is 3. The number of hydrogen-bond donors (Lipinski definition) is 2. The van der Waals surface area contributed by atoms with Crippen LogP contribution in [0.15, 0.2) is 24.4 Å². The summed E-state index contributed by atoms with van der Waals surface area (Å²) in [5, 5.41) is 0. The second kappa shape index (κ2) is 4.50. The first kappa shape index (κ1) is 8.72. The normalized spacial score (nSPS) is 12.0. The molecule has 1 unspecified atom stereocenters. The lowest BCUT2D eigenvalue weighted by molar-refractivity contribution is 0.554. The lowest BCUT2D eigenvalue weighted by atomic mass is 10.1. The summed E-state index contributed by atoms with van der Waals surface area (Å²) in [5.41, 5.74) is 3.49. The highest BCUT2D eigenvalue weighted by molar-refractivity contribution is 5.10. The van der Waals surface area contributed by atoms with Gasteiger partial charge in [0.15, 0.2) is 0 Å². The van der Waals surface area contributed by atoms with Gasteiger partial charge in [0.25, 0.3) is 0 Å². The zero-order chi connectivity index (χ0) is 8.81. The SMILES string of the molecule is C#CCC(NN)c1ccccn1. The lowest BCUT2D eigenvalue weighted by Gasteiger charge is -2.10. The van der Waals surface area contributed by atoms with Crippen molar-refractivity contribution >= 4 is 0 Å². The summed E-state index contributed by atoms with van der Waals surface area (Å²) < 4.78 is 0. The highest BCUT2D eigenvalue weighted by atomic mass is 15.2. The molecule has 0 spiro atoms. The van der Waals surface area contributed by atoms with Crippen molar-refractivity contribution in [2.45, 2.75) is 12.5 Å². The molecule has 1 aromatic heterocycles. The molecule has 0 aromatic carbocycles. The van der Waals surface area contributed by atoms with Gasteiger partial charge in [0.1, 0.15) is 0 Å². The number of rotatable bonds is 3. The molecule has 3 N–H and O–H groups in total. The molecule has 3 heteroatoms. The van der Waals surface area contributed by atoms with E-state index >= 15 is 0 Å². The summed E-state index contributed by atoms with van der Waals surface area (Å²) in [6.07, 6.45) is 7.44. The van der Waals surface area contributed by atoms with Crippen molar-refractivity contribution in [2.24, 2.45) is 5.84 Å². The molecule has 1 heterocycles. The maximum Gasteiger partial charge on any atom is 0.0741 e. The molecule has 0 aliphatic carbocycles. The largest absolute Gasteiger partial charge is 0.271 e. The molecule has 0 saturated heterocycles. The van der Waals surface area contributed by atoms with Crippen LogP contribution >= 0.6 is 0 Å². The quantitative estimate of drug-likeness (QED) is 0.388. The number of hydrazine groups is 1. The van der Waals surface area contributed by atoms with Crippen LogP contribution in [0, 0.1) is 12.3 Å². The number of aromatic nitrogens is 1. The fourth-order valence-corrected chi connectivity index (χ4v) is 0.949. The Bertz CT molecular complexity index is 263. The maximum absolute atomic E-state index is 5.31. The van der Waals surface area contributed by atoms with Crippen LogP contribution in [0.1, 0.15) is 18.2 Å². The summed E-state index contributed by atoms with van der Waals surface area (Å²) in [7, 11) is 0. The van der Waals surface area contributed by atoms with E-state index in [0.29, 0.717) is 6.42 Å². The van der Waals surface area contributed by atoms with E-state index in [4.69, 9.17) is 12.3 Å². The topological polar surface area (TPSA) is 50.9 Å². The fraction of sp³-hybridized carbons (Fsp3) is 0.222. The van der Waals surface area contributed by atoms with E-state index in [1.54, 1.807) is 6.20 Å². The highest BCUT2D eigenvalue weighted by Crippen LogP contribution is 2.10. The first-order chi connectivity index (χ1) is 5.88. The average molecular weight is 161 g/mol. The van der Waals surface area contributed by atoms with Gasteiger partial charge in [-0.25, -0.2) is 0 Å². The molecule has 0 aliphatic rings. The Morgan fingerprint density at radius 1 is 1.67 bits per heavy atom. The Morgan fingerprint density at radius 3 is 3.00 bits per heavy atom. The molecule has 62 valence electrons. The van der Waals surface area contributed by atoms with Gasteiger partial charge in [0.05, 0.1) is 11.7 Å². The van der Waals surface area contributed by atoms with E-state index in [1.165, 1.54) is 0 Å². The first-order valence-corrected chi connectivity index (χ1v) is 3.69. The van der Waals surface area contributed by atoms with Gasteiger partial charge < -0.3 is 0 Å². The average Bonchev–Trinajstić information content (AvgIpc) is 2.15. The number of terminal acetylenes is 1. The number of nitrogens with two attached hydrogens (primary N) is 1. The van der Waals surface area contributed by atoms with Crippen molar-refractivity contribution in [1.82, 2.24) is 10.4 Å². The monoisotopic (exact) mass is 161 g/mol. The van der Waals surface area contributed by atoms with Gasteiger partial charge in [0.2, 0.25) is 0 Å². The zero-order valence-corrected chi connectivity index (χ0v) is 6.70. The molecule has 0 bridgehead atoms. The van der Waals surface area contributed by atoms with Crippen LogP contribution in [0.5, 0.6) is 0 Å². The summed E-state index contributed by atoms with van der Waals surface area (Å²) in [5.74, 6) is 7.84. The molecule has 12 heavy (non-hydrogen) atoms. The third-order valence-corrected chi connectivity index (χ3v) is 1.57. The van der Waals surface area contributed by atoms with Gasteiger partial charge in [0, 0.05) is 12.6 Å². The van der Waals surface area contributed by atoms with Crippen molar-refractivity contribution in [3.8, 4) is 12.3 Å². The van der Waals surface area contributed by atoms with Gasteiger partial charge in [-0.3, -0.25) is 16.3 Å². The second-order valence-corrected chi connectivity index (χ2v) is 2.38. The molecule has 0 aliphatic heterocycles. The second-order valence-electron chi connectivity index (χ2n) is 2.38. The molecule has 1 rings (SSSR count). The van der Waals surface area contributed by atoms with Crippen molar-refractivity contribution < 1.29 is 0 Å². The minimum absolute atomic E-state index is 0.0452. The van der Waals surface area contributed by atoms with E-state index in [-0.39, 0.29) is 6.04 Å². The van der Waals surface area contributed by atoms with Gasteiger partial charge in [-0.15, -0.1) is 12.3 Å². The fourth-order valence-electron chi connectivity index (χ4n) is 0.949. The third-order valence-electron chi connectivity index (χ3n) is 1.57. The van der Waals surface area contributed by atoms with Crippen LogP contribution in [-0.4, -0.2) is 4.98 Å². The van der Waals surface area contributed by atoms with E-state index < -0.39 is 0 Å². The maximum atomic E-state index is 5.31. The lowest BCUT2D eigenvalue weighted by Crippen LogP contribution is -2.28. The Hall–Kier alpha value is -1.37. The van der Waals surface area contributed by atoms with E-state index in [1.807, 2.05) is 18.2 Å². The van der Waals surface area contributed by atoms with Crippen molar-refractivity contribution in [3.05, 3.63) is 30.1 Å². The third kappa shape index (κ3) is 2.06. The zero-order valence-electron chi connectivity index (χ0n) is 6.70. The summed E-state index contributed by atoms with van der Waals surface area (Å²) >= 11 is 0. The molecule has 1 aromatic rings. The molecule has 0 fully saturated rings. The smallest absolute Gasteiger partial charge is 0.0741 e. The molecule has 0 radical (unpaired) electrons. The summed E-state index contributed by atoms with van der Waals surface area (Å²) in [6.45, 7) is 0. The van der Waals surface area contributed by atoms with E-state index in [2.05, 4.69) is 16.3 Å². The Balaban J connectivity index is 2.75. The van der Waals surface area contributed by atoms with Crippen LogP contribution in [0.25, 0.3) is 0 Å². The van der Waals surface area contributed by atoms with Crippen LogP contribution in [0.3, 0.4) is 0 Å². The van der Waals surface area contributed by atoms with Gasteiger partial charge >= 0.3 is 0 Å². The number of nitrogens with one attached hydrogen (secondary N) is 1. The predicted octanol–water partition coefficient (Wildman–Crippen LogP) is 0.609. The first-order valence-electron chi connectivity index (χ1n) is 3.69. The molecular formula is C9H11N3. The van der Waals surface area contributed by atoms with Crippen LogP contribution in [-0.2, 0) is 0 Å². The molecule has 0 amide bonds.